The van der Waals surface area contributed by atoms with Gasteiger partial charge < -0.3 is 10.4 Å². The zero-order valence-electron chi connectivity index (χ0n) is 13.1. The summed E-state index contributed by atoms with van der Waals surface area (Å²) < 4.78 is 0. The molecule has 0 aromatic heterocycles. The maximum atomic E-state index is 12.7. The number of carboxylic acids is 1. The summed E-state index contributed by atoms with van der Waals surface area (Å²) in [5.74, 6) is -2.61. The molecule has 2 aromatic rings. The number of aliphatic carboxylic acids is 1. The fraction of sp³-hybridized carbons (Fsp3) is 0.111. The van der Waals surface area contributed by atoms with Crippen LogP contribution in [0.1, 0.15) is 33.6 Å². The molecule has 1 aliphatic heterocycles. The highest BCUT2D eigenvalue weighted by Crippen LogP contribution is 2.32. The minimum Gasteiger partial charge on any atom is -0.481 e. The summed E-state index contributed by atoms with van der Waals surface area (Å²) in [4.78, 5) is 48.8. The van der Waals surface area contributed by atoms with Crippen LogP contribution in [-0.2, 0) is 9.59 Å². The molecule has 0 saturated carbocycles. The van der Waals surface area contributed by atoms with E-state index in [1.807, 2.05) is 0 Å². The van der Waals surface area contributed by atoms with Gasteiger partial charge in [-0.15, -0.1) is 0 Å². The Bertz CT molecular complexity index is 876. The average molecular weight is 338 g/mol. The van der Waals surface area contributed by atoms with Crippen LogP contribution in [0, 0.1) is 0 Å². The van der Waals surface area contributed by atoms with Crippen molar-refractivity contribution in [3.05, 3.63) is 59.7 Å². The van der Waals surface area contributed by atoms with E-state index in [4.69, 9.17) is 5.11 Å². The number of nitrogens with one attached hydrogen (secondary N) is 1. The van der Waals surface area contributed by atoms with E-state index in [0.717, 1.165) is 4.90 Å². The van der Waals surface area contributed by atoms with Gasteiger partial charge in [0.1, 0.15) is 0 Å². The maximum absolute atomic E-state index is 12.7. The molecule has 7 nitrogen and oxygen atoms in total. The standard InChI is InChI=1S/C18H14N2O5/c21-14(9-10-15(22)23)19-13-8-4-7-12-16(13)18(25)20(17(12)24)11-5-2-1-3-6-11/h1-8H,9-10H2,(H,19,21)(H,22,23). The molecular weight excluding hydrogens is 324 g/mol. The molecule has 0 fully saturated rings. The summed E-state index contributed by atoms with van der Waals surface area (Å²) in [6, 6.07) is 13.1. The number of fused-ring (bicyclic) bond motifs is 1. The molecule has 0 unspecified atom stereocenters. The van der Waals surface area contributed by atoms with Gasteiger partial charge in [-0.2, -0.15) is 0 Å². The minimum atomic E-state index is -1.09. The van der Waals surface area contributed by atoms with Crippen molar-refractivity contribution < 1.29 is 24.3 Å². The lowest BCUT2D eigenvalue weighted by molar-refractivity contribution is -0.138. The smallest absolute Gasteiger partial charge is 0.303 e. The zero-order chi connectivity index (χ0) is 18.0. The maximum Gasteiger partial charge on any atom is 0.303 e. The summed E-state index contributed by atoms with van der Waals surface area (Å²) in [6.07, 6.45) is -0.534. The van der Waals surface area contributed by atoms with Crippen molar-refractivity contribution in [1.82, 2.24) is 0 Å². The van der Waals surface area contributed by atoms with Gasteiger partial charge >= 0.3 is 5.97 Å². The van der Waals surface area contributed by atoms with Gasteiger partial charge in [-0.1, -0.05) is 24.3 Å². The second kappa shape index (κ2) is 6.56. The third-order valence-electron chi connectivity index (χ3n) is 3.77. The van der Waals surface area contributed by atoms with Crippen LogP contribution in [-0.4, -0.2) is 28.8 Å². The van der Waals surface area contributed by atoms with Crippen molar-refractivity contribution in [2.24, 2.45) is 0 Å². The second-order valence-electron chi connectivity index (χ2n) is 5.45. The van der Waals surface area contributed by atoms with Crippen molar-refractivity contribution in [1.29, 1.82) is 0 Å². The van der Waals surface area contributed by atoms with Crippen LogP contribution in [0.15, 0.2) is 48.5 Å². The lowest BCUT2D eigenvalue weighted by atomic mass is 10.1. The molecule has 0 spiro atoms. The Hall–Kier alpha value is -3.48. The predicted octanol–water partition coefficient (Wildman–Crippen LogP) is 2.29. The van der Waals surface area contributed by atoms with Crippen LogP contribution >= 0.6 is 0 Å². The highest BCUT2D eigenvalue weighted by atomic mass is 16.4. The van der Waals surface area contributed by atoms with Gasteiger partial charge in [0.05, 0.1) is 28.9 Å². The highest BCUT2D eigenvalue weighted by molar-refractivity contribution is 6.36. The third kappa shape index (κ3) is 3.12. The molecule has 1 heterocycles. The summed E-state index contributed by atoms with van der Waals surface area (Å²) in [7, 11) is 0. The molecule has 25 heavy (non-hydrogen) atoms. The van der Waals surface area contributed by atoms with Gasteiger partial charge in [0, 0.05) is 6.42 Å². The normalized spacial score (nSPS) is 12.9. The third-order valence-corrected chi connectivity index (χ3v) is 3.77. The number of carbonyl (C=O) groups excluding carboxylic acids is 3. The lowest BCUT2D eigenvalue weighted by Crippen LogP contribution is -2.29. The number of nitrogens with zero attached hydrogens (tertiary/aromatic N) is 1. The Kier molecular flexibility index (Phi) is 4.30. The van der Waals surface area contributed by atoms with Crippen molar-refractivity contribution >= 4 is 35.1 Å². The molecule has 1 aliphatic rings. The van der Waals surface area contributed by atoms with Gasteiger partial charge in [-0.3, -0.25) is 19.2 Å². The molecule has 7 heteroatoms. The quantitative estimate of drug-likeness (QED) is 0.814. The molecule has 126 valence electrons. The fourth-order valence-electron chi connectivity index (χ4n) is 2.63. The van der Waals surface area contributed by atoms with Gasteiger partial charge in [0.2, 0.25) is 5.91 Å². The van der Waals surface area contributed by atoms with E-state index in [1.54, 1.807) is 36.4 Å². The van der Waals surface area contributed by atoms with E-state index in [2.05, 4.69) is 5.32 Å². The zero-order valence-corrected chi connectivity index (χ0v) is 13.1. The first-order valence-corrected chi connectivity index (χ1v) is 7.57. The van der Waals surface area contributed by atoms with Gasteiger partial charge in [-0.25, -0.2) is 4.90 Å². The van der Waals surface area contributed by atoms with Gasteiger partial charge in [0.15, 0.2) is 0 Å². The number of benzene rings is 2. The van der Waals surface area contributed by atoms with Crippen molar-refractivity contribution in [3.63, 3.8) is 0 Å². The first-order chi connectivity index (χ1) is 12.0. The topological polar surface area (TPSA) is 104 Å². The number of carbonyl (C=O) groups is 4. The fourth-order valence-corrected chi connectivity index (χ4v) is 2.63. The number of hydrogen-bond donors (Lipinski definition) is 2. The summed E-state index contributed by atoms with van der Waals surface area (Å²) in [5.41, 5.74) is 0.950. The summed E-state index contributed by atoms with van der Waals surface area (Å²) in [5, 5.41) is 11.2. The largest absolute Gasteiger partial charge is 0.481 e. The van der Waals surface area contributed by atoms with Crippen LogP contribution in [0.5, 0.6) is 0 Å². The first kappa shape index (κ1) is 16.4. The van der Waals surface area contributed by atoms with Crippen LogP contribution in [0.25, 0.3) is 0 Å². The lowest BCUT2D eigenvalue weighted by Gasteiger charge is -2.13. The van der Waals surface area contributed by atoms with Crippen molar-refractivity contribution in [2.75, 3.05) is 10.2 Å². The van der Waals surface area contributed by atoms with E-state index >= 15 is 0 Å². The number of para-hydroxylation sites is 1. The van der Waals surface area contributed by atoms with Crippen molar-refractivity contribution in [3.8, 4) is 0 Å². The Labute approximate surface area is 142 Å². The Morgan fingerprint density at radius 2 is 1.64 bits per heavy atom. The number of amides is 3. The van der Waals surface area contributed by atoms with Gasteiger partial charge in [-0.05, 0) is 24.3 Å². The molecule has 2 aromatic carbocycles. The highest BCUT2D eigenvalue weighted by Gasteiger charge is 2.38. The molecule has 0 saturated heterocycles. The van der Waals surface area contributed by atoms with E-state index < -0.39 is 23.7 Å². The number of rotatable bonds is 5. The van der Waals surface area contributed by atoms with Crippen LogP contribution in [0.4, 0.5) is 11.4 Å². The number of carboxylic acid groups (broad SMARTS) is 1. The number of hydrogen-bond acceptors (Lipinski definition) is 4. The molecular formula is C18H14N2O5. The Balaban J connectivity index is 1.91. The van der Waals surface area contributed by atoms with Crippen LogP contribution in [0.2, 0.25) is 0 Å². The monoisotopic (exact) mass is 338 g/mol. The van der Waals surface area contributed by atoms with E-state index in [9.17, 15) is 19.2 Å². The van der Waals surface area contributed by atoms with Crippen molar-refractivity contribution in [2.45, 2.75) is 12.8 Å². The summed E-state index contributed by atoms with van der Waals surface area (Å²) in [6.45, 7) is 0. The van der Waals surface area contributed by atoms with E-state index in [0.29, 0.717) is 5.69 Å². The molecule has 0 atom stereocenters. The van der Waals surface area contributed by atoms with Gasteiger partial charge in [0.25, 0.3) is 11.8 Å². The molecule has 2 N–H and O–H groups in total. The summed E-state index contributed by atoms with van der Waals surface area (Å²) >= 11 is 0. The molecule has 0 bridgehead atoms. The van der Waals surface area contributed by atoms with Crippen LogP contribution in [0.3, 0.4) is 0 Å². The number of imide groups is 1. The van der Waals surface area contributed by atoms with E-state index in [-0.39, 0.29) is 29.7 Å². The SMILES string of the molecule is O=C(O)CCC(=O)Nc1cccc2c1C(=O)N(c1ccccc1)C2=O. The molecule has 3 amide bonds. The average Bonchev–Trinajstić information content (AvgIpc) is 2.86. The second-order valence-corrected chi connectivity index (χ2v) is 5.45. The molecule has 0 radical (unpaired) electrons. The van der Waals surface area contributed by atoms with E-state index in [1.165, 1.54) is 12.1 Å². The Morgan fingerprint density at radius 3 is 2.32 bits per heavy atom. The minimum absolute atomic E-state index is 0.111. The molecule has 3 rings (SSSR count). The van der Waals surface area contributed by atoms with Crippen LogP contribution < -0.4 is 10.2 Å². The number of anilines is 2. The first-order valence-electron chi connectivity index (χ1n) is 7.57. The Morgan fingerprint density at radius 1 is 0.920 bits per heavy atom. The molecule has 0 aliphatic carbocycles. The predicted molar refractivity (Wildman–Crippen MR) is 89.5 cm³/mol.